The highest BCUT2D eigenvalue weighted by Crippen LogP contribution is 2.51. The van der Waals surface area contributed by atoms with Crippen molar-refractivity contribution in [1.82, 2.24) is 10.3 Å². The summed E-state index contributed by atoms with van der Waals surface area (Å²) in [6.07, 6.45) is -3.33. The van der Waals surface area contributed by atoms with Gasteiger partial charge >= 0.3 is 6.18 Å². The number of aromatic nitrogens is 1. The van der Waals surface area contributed by atoms with E-state index in [2.05, 4.69) is 10.3 Å². The first-order chi connectivity index (χ1) is 12.6. The maximum absolute atomic E-state index is 14.4. The van der Waals surface area contributed by atoms with Crippen LogP contribution in [0, 0.1) is 12.7 Å². The van der Waals surface area contributed by atoms with E-state index in [0.29, 0.717) is 5.56 Å². The Labute approximate surface area is 155 Å². The largest absolute Gasteiger partial charge is 0.479 e. The number of carbonyl (C=O) groups is 1. The number of pyridine rings is 1. The fraction of sp³-hybridized carbons (Fsp3) is 0.667. The van der Waals surface area contributed by atoms with Crippen molar-refractivity contribution in [3.05, 3.63) is 23.1 Å². The molecule has 1 N–H and O–H groups in total. The van der Waals surface area contributed by atoms with E-state index in [9.17, 15) is 22.4 Å². The number of hydrogen-bond acceptors (Lipinski definition) is 4. The number of aryl methyl sites for hydroxylation is 1. The first-order valence-electron chi connectivity index (χ1n) is 8.85. The molecule has 9 heteroatoms. The summed E-state index contributed by atoms with van der Waals surface area (Å²) in [4.78, 5) is 16.3. The van der Waals surface area contributed by atoms with E-state index < -0.39 is 29.0 Å². The molecule has 2 saturated heterocycles. The number of fused-ring (bicyclic) bond motifs is 3. The molecule has 4 rings (SSSR count). The molecule has 1 aromatic heterocycles. The third-order valence-electron chi connectivity index (χ3n) is 5.13. The monoisotopic (exact) mass is 392 g/mol. The van der Waals surface area contributed by atoms with E-state index in [1.165, 1.54) is 20.2 Å². The van der Waals surface area contributed by atoms with Crippen LogP contribution in [0.4, 0.5) is 17.6 Å². The molecule has 0 unspecified atom stereocenters. The van der Waals surface area contributed by atoms with Crippen molar-refractivity contribution < 1.29 is 31.8 Å². The van der Waals surface area contributed by atoms with Crippen molar-refractivity contribution in [1.29, 1.82) is 0 Å². The standard InChI is InChI=1S/C16H18F4N2O3.C2H6/c1-9-7-21-13(24-2)11(17)10(9)12(23)22-14-3-5-15(6-4-14,25-8-14)16(18,19)20;1-2/h7H,3-6,8H2,1-2H3,(H,22,23);1-2H3. The summed E-state index contributed by atoms with van der Waals surface area (Å²) >= 11 is 0. The van der Waals surface area contributed by atoms with E-state index in [1.807, 2.05) is 13.8 Å². The minimum absolute atomic E-state index is 0.126. The van der Waals surface area contributed by atoms with Gasteiger partial charge in [0.1, 0.15) is 0 Å². The quantitative estimate of drug-likeness (QED) is 0.792. The second-order valence-corrected chi connectivity index (χ2v) is 6.65. The Morgan fingerprint density at radius 3 is 2.30 bits per heavy atom. The molecule has 1 aromatic rings. The van der Waals surface area contributed by atoms with Gasteiger partial charge in [-0.15, -0.1) is 0 Å². The van der Waals surface area contributed by atoms with E-state index in [4.69, 9.17) is 9.47 Å². The molecule has 0 spiro atoms. The van der Waals surface area contributed by atoms with Crippen LogP contribution in [0.15, 0.2) is 6.20 Å². The minimum atomic E-state index is -4.44. The van der Waals surface area contributed by atoms with Crippen molar-refractivity contribution in [2.75, 3.05) is 13.7 Å². The Morgan fingerprint density at radius 1 is 1.26 bits per heavy atom. The molecule has 2 aliphatic heterocycles. The third-order valence-corrected chi connectivity index (χ3v) is 5.13. The van der Waals surface area contributed by atoms with E-state index in [-0.39, 0.29) is 43.7 Å². The van der Waals surface area contributed by atoms with Crippen molar-refractivity contribution in [2.45, 2.75) is 63.8 Å². The summed E-state index contributed by atoms with van der Waals surface area (Å²) in [5.74, 6) is -1.91. The lowest BCUT2D eigenvalue weighted by Crippen LogP contribution is -2.66. The van der Waals surface area contributed by atoms with Crippen LogP contribution < -0.4 is 10.1 Å². The lowest BCUT2D eigenvalue weighted by atomic mass is 9.70. The molecule has 1 saturated carbocycles. The number of nitrogens with zero attached hydrogens (tertiary/aromatic N) is 1. The number of hydrogen-bond donors (Lipinski definition) is 1. The van der Waals surface area contributed by atoms with Crippen LogP contribution in [0.3, 0.4) is 0 Å². The number of halogens is 4. The van der Waals surface area contributed by atoms with Crippen LogP contribution in [-0.2, 0) is 4.74 Å². The lowest BCUT2D eigenvalue weighted by Gasteiger charge is -2.53. The predicted molar refractivity (Wildman–Crippen MR) is 90.2 cm³/mol. The number of rotatable bonds is 3. The number of ether oxygens (including phenoxy) is 2. The van der Waals surface area contributed by atoms with Gasteiger partial charge in [-0.3, -0.25) is 4.79 Å². The fourth-order valence-electron chi connectivity index (χ4n) is 3.50. The number of carbonyl (C=O) groups excluding carboxylic acids is 1. The van der Waals surface area contributed by atoms with Gasteiger partial charge in [0.05, 0.1) is 24.8 Å². The number of amides is 1. The summed E-state index contributed by atoms with van der Waals surface area (Å²) in [7, 11) is 1.23. The topological polar surface area (TPSA) is 60.5 Å². The van der Waals surface area contributed by atoms with Gasteiger partial charge in [0.25, 0.3) is 11.8 Å². The maximum atomic E-state index is 14.4. The smallest absolute Gasteiger partial charge is 0.417 e. The third kappa shape index (κ3) is 3.74. The SMILES string of the molecule is CC.COc1ncc(C)c(C(=O)NC23CCC(C(F)(F)F)(CC2)OC3)c1F. The zero-order valence-corrected chi connectivity index (χ0v) is 15.8. The Kier molecular flexibility index (Phi) is 6.03. The van der Waals surface area contributed by atoms with Gasteiger partial charge in [-0.1, -0.05) is 13.8 Å². The van der Waals surface area contributed by atoms with E-state index in [0.717, 1.165) is 0 Å². The highest BCUT2D eigenvalue weighted by molar-refractivity contribution is 5.96. The normalized spacial score (nSPS) is 26.8. The molecule has 1 amide bonds. The molecule has 27 heavy (non-hydrogen) atoms. The highest BCUT2D eigenvalue weighted by atomic mass is 19.4. The van der Waals surface area contributed by atoms with Gasteiger partial charge in [-0.05, 0) is 38.2 Å². The van der Waals surface area contributed by atoms with Crippen LogP contribution in [0.5, 0.6) is 5.88 Å². The van der Waals surface area contributed by atoms with Gasteiger partial charge in [0, 0.05) is 6.20 Å². The second kappa shape index (κ2) is 7.61. The molecule has 0 atom stereocenters. The van der Waals surface area contributed by atoms with Crippen LogP contribution in [0.25, 0.3) is 0 Å². The first-order valence-corrected chi connectivity index (χ1v) is 8.85. The molecule has 152 valence electrons. The maximum Gasteiger partial charge on any atom is 0.417 e. The molecule has 5 nitrogen and oxygen atoms in total. The van der Waals surface area contributed by atoms with Crippen molar-refractivity contribution in [3.8, 4) is 5.88 Å². The minimum Gasteiger partial charge on any atom is -0.479 e. The van der Waals surface area contributed by atoms with Crippen molar-refractivity contribution in [3.63, 3.8) is 0 Å². The Bertz CT molecular complexity index is 682. The molecule has 2 bridgehead atoms. The predicted octanol–water partition coefficient (Wildman–Crippen LogP) is 3.94. The summed E-state index contributed by atoms with van der Waals surface area (Å²) in [5.41, 5.74) is -2.95. The lowest BCUT2D eigenvalue weighted by molar-refractivity contribution is -0.317. The molecule has 3 fully saturated rings. The molecule has 3 aliphatic rings. The average molecular weight is 392 g/mol. The van der Waals surface area contributed by atoms with Crippen LogP contribution >= 0.6 is 0 Å². The second-order valence-electron chi connectivity index (χ2n) is 6.65. The number of methoxy groups -OCH3 is 1. The fourth-order valence-corrected chi connectivity index (χ4v) is 3.50. The molecule has 1 aliphatic carbocycles. The zero-order chi connectivity index (χ0) is 20.5. The molecule has 3 heterocycles. The zero-order valence-electron chi connectivity index (χ0n) is 15.8. The molecular weight excluding hydrogens is 368 g/mol. The van der Waals surface area contributed by atoms with Gasteiger partial charge in [-0.2, -0.15) is 13.2 Å². The highest BCUT2D eigenvalue weighted by Gasteiger charge is 2.63. The first kappa shape index (κ1) is 21.4. The van der Waals surface area contributed by atoms with Gasteiger partial charge in [0.2, 0.25) is 0 Å². The van der Waals surface area contributed by atoms with Crippen LogP contribution in [0.2, 0.25) is 0 Å². The van der Waals surface area contributed by atoms with Crippen LogP contribution in [0.1, 0.15) is 55.5 Å². The summed E-state index contributed by atoms with van der Waals surface area (Å²) in [6, 6.07) is 0. The van der Waals surface area contributed by atoms with E-state index >= 15 is 0 Å². The molecule has 0 aromatic carbocycles. The molecule has 0 radical (unpaired) electrons. The summed E-state index contributed by atoms with van der Waals surface area (Å²) < 4.78 is 63.8. The Balaban J connectivity index is 0.00000126. The molecular formula is C18H24F4N2O3. The van der Waals surface area contributed by atoms with Gasteiger partial charge < -0.3 is 14.8 Å². The van der Waals surface area contributed by atoms with Gasteiger partial charge in [-0.25, -0.2) is 9.37 Å². The Hall–Kier alpha value is -1.90. The van der Waals surface area contributed by atoms with E-state index in [1.54, 1.807) is 0 Å². The van der Waals surface area contributed by atoms with Gasteiger partial charge in [0.15, 0.2) is 11.4 Å². The number of nitrogens with one attached hydrogen (secondary N) is 1. The average Bonchev–Trinajstić information content (AvgIpc) is 2.64. The summed E-state index contributed by atoms with van der Waals surface area (Å²) in [6.45, 7) is 5.27. The van der Waals surface area contributed by atoms with Crippen molar-refractivity contribution in [2.24, 2.45) is 0 Å². The van der Waals surface area contributed by atoms with Crippen molar-refractivity contribution >= 4 is 5.91 Å². The van der Waals surface area contributed by atoms with Crippen LogP contribution in [-0.4, -0.2) is 41.9 Å². The number of alkyl halides is 3. The summed E-state index contributed by atoms with van der Waals surface area (Å²) in [5, 5.41) is 2.68. The Morgan fingerprint density at radius 2 is 1.85 bits per heavy atom.